The summed E-state index contributed by atoms with van der Waals surface area (Å²) in [6.45, 7) is 2.18. The van der Waals surface area contributed by atoms with E-state index in [0.717, 1.165) is 12.0 Å². The molecule has 1 aromatic carbocycles. The maximum absolute atomic E-state index is 11.5. The van der Waals surface area contributed by atoms with Crippen LogP contribution in [0.5, 0.6) is 0 Å². The Morgan fingerprint density at radius 3 is 2.78 bits per heavy atom. The highest BCUT2D eigenvalue weighted by Crippen LogP contribution is 2.22. The van der Waals surface area contributed by atoms with E-state index in [1.807, 2.05) is 0 Å². The summed E-state index contributed by atoms with van der Waals surface area (Å²) in [5.74, 6) is -0.310. The second-order valence-corrected chi connectivity index (χ2v) is 4.87. The monoisotopic (exact) mass is 247 g/mol. The van der Waals surface area contributed by atoms with E-state index in [1.165, 1.54) is 30.4 Å². The zero-order valence-electron chi connectivity index (χ0n) is 10.9. The van der Waals surface area contributed by atoms with Gasteiger partial charge in [-0.25, -0.2) is 0 Å². The molecule has 0 spiro atoms. The van der Waals surface area contributed by atoms with Crippen molar-refractivity contribution in [2.45, 2.75) is 45.1 Å². The summed E-state index contributed by atoms with van der Waals surface area (Å²) in [5.41, 5.74) is 9.85. The molecule has 0 heterocycles. The molecule has 0 fully saturated rings. The lowest BCUT2D eigenvalue weighted by molar-refractivity contribution is -0.144. The van der Waals surface area contributed by atoms with Gasteiger partial charge in [0.05, 0.1) is 6.61 Å². The average molecular weight is 247 g/mol. The van der Waals surface area contributed by atoms with E-state index in [4.69, 9.17) is 10.5 Å². The highest BCUT2D eigenvalue weighted by Gasteiger charge is 2.16. The van der Waals surface area contributed by atoms with Gasteiger partial charge in [0.25, 0.3) is 0 Å². The first-order valence-electron chi connectivity index (χ1n) is 6.73. The molecule has 0 saturated carbocycles. The Kier molecular flexibility index (Phi) is 4.37. The fourth-order valence-corrected chi connectivity index (χ4v) is 2.50. The zero-order chi connectivity index (χ0) is 13.0. The molecular formula is C15H21NO2. The Balaban J connectivity index is 2.03. The second kappa shape index (κ2) is 6.01. The van der Waals surface area contributed by atoms with Crippen LogP contribution in [0.3, 0.4) is 0 Å². The van der Waals surface area contributed by atoms with Crippen molar-refractivity contribution in [3.05, 3.63) is 34.9 Å². The Labute approximate surface area is 108 Å². The van der Waals surface area contributed by atoms with Gasteiger partial charge in [-0.3, -0.25) is 4.79 Å². The molecule has 1 aromatic rings. The van der Waals surface area contributed by atoms with Crippen molar-refractivity contribution >= 4 is 5.97 Å². The number of nitrogens with two attached hydrogens (primary N) is 1. The van der Waals surface area contributed by atoms with Crippen LogP contribution in [0.15, 0.2) is 18.2 Å². The fraction of sp³-hybridized carbons (Fsp3) is 0.533. The van der Waals surface area contributed by atoms with Crippen LogP contribution in [0, 0.1) is 0 Å². The molecule has 3 heteroatoms. The highest BCUT2D eigenvalue weighted by molar-refractivity contribution is 5.75. The summed E-state index contributed by atoms with van der Waals surface area (Å²) in [6, 6.07) is 5.92. The largest absolute Gasteiger partial charge is 0.465 e. The number of carbonyl (C=O) groups excluding carboxylic acids is 1. The molecule has 18 heavy (non-hydrogen) atoms. The van der Waals surface area contributed by atoms with Crippen molar-refractivity contribution < 1.29 is 9.53 Å². The van der Waals surface area contributed by atoms with Crippen molar-refractivity contribution in [1.82, 2.24) is 0 Å². The van der Waals surface area contributed by atoms with Crippen molar-refractivity contribution in [2.24, 2.45) is 5.73 Å². The zero-order valence-corrected chi connectivity index (χ0v) is 10.9. The summed E-state index contributed by atoms with van der Waals surface area (Å²) >= 11 is 0. The molecule has 1 aliphatic carbocycles. The standard InChI is InChI=1S/C15H21NO2/c1-2-18-15(17)14(16)10-11-7-8-12-5-3-4-6-13(12)9-11/h7-9,14H,2-6,10,16H2,1H3/t14-/m1/s1. The molecule has 3 nitrogen and oxygen atoms in total. The molecule has 0 radical (unpaired) electrons. The van der Waals surface area contributed by atoms with Crippen molar-refractivity contribution in [3.8, 4) is 0 Å². The van der Waals surface area contributed by atoms with Crippen LogP contribution < -0.4 is 5.73 Å². The number of benzene rings is 1. The third-order valence-electron chi connectivity index (χ3n) is 3.46. The minimum Gasteiger partial charge on any atom is -0.465 e. The third-order valence-corrected chi connectivity index (χ3v) is 3.46. The van der Waals surface area contributed by atoms with Gasteiger partial charge >= 0.3 is 5.97 Å². The van der Waals surface area contributed by atoms with Crippen LogP contribution >= 0.6 is 0 Å². The van der Waals surface area contributed by atoms with Crippen LogP contribution in [-0.2, 0) is 28.8 Å². The minimum atomic E-state index is -0.549. The first kappa shape index (κ1) is 13.1. The Hall–Kier alpha value is -1.35. The van der Waals surface area contributed by atoms with Gasteiger partial charge in [-0.1, -0.05) is 18.2 Å². The summed E-state index contributed by atoms with van der Waals surface area (Å²) in [5, 5.41) is 0. The summed E-state index contributed by atoms with van der Waals surface area (Å²) < 4.78 is 4.92. The Morgan fingerprint density at radius 1 is 1.33 bits per heavy atom. The number of ether oxygens (including phenoxy) is 1. The summed E-state index contributed by atoms with van der Waals surface area (Å²) in [4.78, 5) is 11.5. The van der Waals surface area contributed by atoms with Gasteiger partial charge in [-0.2, -0.15) is 0 Å². The van der Waals surface area contributed by atoms with Crippen molar-refractivity contribution in [3.63, 3.8) is 0 Å². The van der Waals surface area contributed by atoms with E-state index in [1.54, 1.807) is 6.92 Å². The SMILES string of the molecule is CCOC(=O)[C@H](N)Cc1ccc2c(c1)CCCC2. The molecule has 2 rings (SSSR count). The number of fused-ring (bicyclic) bond motifs is 1. The van der Waals surface area contributed by atoms with Gasteiger partial charge in [0, 0.05) is 0 Å². The van der Waals surface area contributed by atoms with E-state index in [9.17, 15) is 4.79 Å². The molecule has 2 N–H and O–H groups in total. The molecule has 0 aromatic heterocycles. The number of aryl methyl sites for hydroxylation is 2. The maximum atomic E-state index is 11.5. The van der Waals surface area contributed by atoms with E-state index < -0.39 is 6.04 Å². The first-order chi connectivity index (χ1) is 8.70. The van der Waals surface area contributed by atoms with Crippen LogP contribution in [-0.4, -0.2) is 18.6 Å². The average Bonchev–Trinajstić information content (AvgIpc) is 2.39. The number of hydrogen-bond donors (Lipinski definition) is 1. The minimum absolute atomic E-state index is 0.310. The smallest absolute Gasteiger partial charge is 0.323 e. The van der Waals surface area contributed by atoms with Crippen molar-refractivity contribution in [1.29, 1.82) is 0 Å². The molecule has 1 aliphatic rings. The van der Waals surface area contributed by atoms with Gasteiger partial charge in [0.1, 0.15) is 6.04 Å². The molecule has 0 saturated heterocycles. The third kappa shape index (κ3) is 3.10. The second-order valence-electron chi connectivity index (χ2n) is 4.87. The molecule has 0 bridgehead atoms. The van der Waals surface area contributed by atoms with E-state index in [-0.39, 0.29) is 5.97 Å². The molecule has 98 valence electrons. The predicted molar refractivity (Wildman–Crippen MR) is 71.4 cm³/mol. The normalized spacial score (nSPS) is 15.9. The maximum Gasteiger partial charge on any atom is 0.323 e. The van der Waals surface area contributed by atoms with Gasteiger partial charge < -0.3 is 10.5 Å². The van der Waals surface area contributed by atoms with Crippen LogP contribution in [0.2, 0.25) is 0 Å². The molecule has 0 amide bonds. The number of hydrogen-bond acceptors (Lipinski definition) is 3. The van der Waals surface area contributed by atoms with Crippen molar-refractivity contribution in [2.75, 3.05) is 6.61 Å². The Bertz CT molecular complexity index is 429. The molecule has 1 atom stereocenters. The van der Waals surface area contributed by atoms with Gasteiger partial charge in [0.2, 0.25) is 0 Å². The van der Waals surface area contributed by atoms with Gasteiger partial charge in [-0.05, 0) is 55.7 Å². The predicted octanol–water partition coefficient (Wildman–Crippen LogP) is 2.00. The molecular weight excluding hydrogens is 226 g/mol. The number of rotatable bonds is 4. The summed E-state index contributed by atoms with van der Waals surface area (Å²) in [6.07, 6.45) is 5.44. The lowest BCUT2D eigenvalue weighted by Crippen LogP contribution is -2.34. The topological polar surface area (TPSA) is 52.3 Å². The number of carbonyl (C=O) groups is 1. The fourth-order valence-electron chi connectivity index (χ4n) is 2.50. The number of esters is 1. The highest BCUT2D eigenvalue weighted by atomic mass is 16.5. The quantitative estimate of drug-likeness (QED) is 0.828. The van der Waals surface area contributed by atoms with E-state index in [2.05, 4.69) is 18.2 Å². The lowest BCUT2D eigenvalue weighted by atomic mass is 9.89. The lowest BCUT2D eigenvalue weighted by Gasteiger charge is -2.17. The van der Waals surface area contributed by atoms with Crippen LogP contribution in [0.4, 0.5) is 0 Å². The van der Waals surface area contributed by atoms with E-state index in [0.29, 0.717) is 13.0 Å². The Morgan fingerprint density at radius 2 is 2.06 bits per heavy atom. The van der Waals surface area contributed by atoms with Crippen LogP contribution in [0.25, 0.3) is 0 Å². The summed E-state index contributed by atoms with van der Waals surface area (Å²) in [7, 11) is 0. The first-order valence-corrected chi connectivity index (χ1v) is 6.73. The van der Waals surface area contributed by atoms with Gasteiger partial charge in [0.15, 0.2) is 0 Å². The molecule has 0 unspecified atom stereocenters. The molecule has 0 aliphatic heterocycles. The van der Waals surface area contributed by atoms with Crippen LogP contribution in [0.1, 0.15) is 36.5 Å². The van der Waals surface area contributed by atoms with E-state index >= 15 is 0 Å². The van der Waals surface area contributed by atoms with Gasteiger partial charge in [-0.15, -0.1) is 0 Å².